The van der Waals surface area contributed by atoms with E-state index in [0.717, 1.165) is 0 Å². The fraction of sp³-hybridized carbons (Fsp3) is 0.385. The first-order chi connectivity index (χ1) is 8.47. The highest BCUT2D eigenvalue weighted by Gasteiger charge is 2.19. The summed E-state index contributed by atoms with van der Waals surface area (Å²) in [6, 6.07) is 3.53. The van der Waals surface area contributed by atoms with Crippen LogP contribution in [0.3, 0.4) is 0 Å². The third kappa shape index (κ3) is 3.23. The molecule has 1 aromatic heterocycles. The molecule has 0 aliphatic rings. The topological polar surface area (TPSA) is 70.8 Å². The van der Waals surface area contributed by atoms with Crippen LogP contribution >= 0.6 is 0 Å². The van der Waals surface area contributed by atoms with Gasteiger partial charge >= 0.3 is 5.97 Å². The van der Waals surface area contributed by atoms with Gasteiger partial charge in [0.1, 0.15) is 5.76 Å². The third-order valence-corrected chi connectivity index (χ3v) is 2.80. The molecule has 0 aromatic carbocycles. The highest BCUT2D eigenvalue weighted by Crippen LogP contribution is 2.12. The predicted molar refractivity (Wildman–Crippen MR) is 65.8 cm³/mol. The van der Waals surface area contributed by atoms with Crippen LogP contribution in [-0.2, 0) is 16.1 Å². The molecule has 1 N–H and O–H groups in total. The normalized spacial score (nSPS) is 11.9. The Morgan fingerprint density at radius 3 is 2.44 bits per heavy atom. The number of nitrogens with zero attached hydrogens (tertiary/aromatic N) is 1. The Kier molecular flexibility index (Phi) is 4.71. The lowest BCUT2D eigenvalue weighted by Crippen LogP contribution is -2.31. The van der Waals surface area contributed by atoms with Crippen LogP contribution in [0.5, 0.6) is 0 Å². The largest absolute Gasteiger partial charge is 0.478 e. The summed E-state index contributed by atoms with van der Waals surface area (Å²) in [6.07, 6.45) is 1.54. The van der Waals surface area contributed by atoms with E-state index in [4.69, 9.17) is 9.52 Å². The maximum absolute atomic E-state index is 12.1. The Hall–Kier alpha value is -2.04. The van der Waals surface area contributed by atoms with Crippen molar-refractivity contribution in [3.8, 4) is 0 Å². The maximum Gasteiger partial charge on any atom is 0.331 e. The lowest BCUT2D eigenvalue weighted by molar-refractivity contribution is -0.134. The second kappa shape index (κ2) is 6.05. The van der Waals surface area contributed by atoms with E-state index in [9.17, 15) is 9.59 Å². The average Bonchev–Trinajstić information content (AvgIpc) is 2.85. The molecule has 0 saturated heterocycles. The Morgan fingerprint density at radius 1 is 1.33 bits per heavy atom. The molecule has 98 valence electrons. The van der Waals surface area contributed by atoms with Gasteiger partial charge < -0.3 is 14.4 Å². The van der Waals surface area contributed by atoms with Crippen molar-refractivity contribution in [3.05, 3.63) is 35.3 Å². The van der Waals surface area contributed by atoms with Crippen molar-refractivity contribution in [1.82, 2.24) is 4.90 Å². The summed E-state index contributed by atoms with van der Waals surface area (Å²) in [5.74, 6) is -0.685. The zero-order chi connectivity index (χ0) is 13.7. The first kappa shape index (κ1) is 14.0. The molecule has 0 spiro atoms. The molecule has 0 fully saturated rings. The highest BCUT2D eigenvalue weighted by molar-refractivity contribution is 6.01. The van der Waals surface area contributed by atoms with Gasteiger partial charge in [0.15, 0.2) is 0 Å². The van der Waals surface area contributed by atoms with Gasteiger partial charge in [-0.25, -0.2) is 4.79 Å². The number of carbonyl (C=O) groups is 2. The zero-order valence-corrected chi connectivity index (χ0v) is 10.8. The lowest BCUT2D eigenvalue weighted by atomic mass is 10.1. The first-order valence-electron chi connectivity index (χ1n) is 5.69. The minimum atomic E-state index is -1.07. The zero-order valence-electron chi connectivity index (χ0n) is 10.8. The van der Waals surface area contributed by atoms with E-state index in [1.54, 1.807) is 23.3 Å². The van der Waals surface area contributed by atoms with Crippen molar-refractivity contribution < 1.29 is 19.1 Å². The molecule has 5 nitrogen and oxygen atoms in total. The Labute approximate surface area is 106 Å². The number of aliphatic carboxylic acids is 1. The molecule has 18 heavy (non-hydrogen) atoms. The van der Waals surface area contributed by atoms with Crippen molar-refractivity contribution in [2.75, 3.05) is 6.54 Å². The Bertz CT molecular complexity index is 459. The molecule has 0 unspecified atom stereocenters. The van der Waals surface area contributed by atoms with E-state index in [0.29, 0.717) is 18.8 Å². The van der Waals surface area contributed by atoms with Gasteiger partial charge in [-0.2, -0.15) is 0 Å². The molecule has 0 radical (unpaired) electrons. The number of likely N-dealkylation sites (N-methyl/N-ethyl adjacent to an activating group) is 1. The second-order valence-corrected chi connectivity index (χ2v) is 3.95. The molecule has 0 aliphatic carbocycles. The summed E-state index contributed by atoms with van der Waals surface area (Å²) in [5, 5.41) is 8.87. The average molecular weight is 251 g/mol. The van der Waals surface area contributed by atoms with Gasteiger partial charge in [-0.05, 0) is 32.9 Å². The highest BCUT2D eigenvalue weighted by atomic mass is 16.4. The molecule has 0 atom stereocenters. The lowest BCUT2D eigenvalue weighted by Gasteiger charge is -2.20. The third-order valence-electron chi connectivity index (χ3n) is 2.80. The monoisotopic (exact) mass is 251 g/mol. The summed E-state index contributed by atoms with van der Waals surface area (Å²) in [6.45, 7) is 5.62. The SMILES string of the molecule is CCN(Cc1ccco1)C(=O)C(C)=C(C)C(=O)O. The van der Waals surface area contributed by atoms with Crippen molar-refractivity contribution in [1.29, 1.82) is 0 Å². The van der Waals surface area contributed by atoms with Crippen LogP contribution in [0.15, 0.2) is 34.0 Å². The fourth-order valence-electron chi connectivity index (χ4n) is 1.48. The van der Waals surface area contributed by atoms with Crippen molar-refractivity contribution in [2.24, 2.45) is 0 Å². The van der Waals surface area contributed by atoms with Gasteiger partial charge in [-0.1, -0.05) is 0 Å². The summed E-state index contributed by atoms with van der Waals surface area (Å²) in [4.78, 5) is 24.5. The summed E-state index contributed by atoms with van der Waals surface area (Å²) >= 11 is 0. The first-order valence-corrected chi connectivity index (χ1v) is 5.69. The van der Waals surface area contributed by atoms with Gasteiger partial charge in [0.05, 0.1) is 12.8 Å². The smallest absolute Gasteiger partial charge is 0.331 e. The van der Waals surface area contributed by atoms with E-state index in [-0.39, 0.29) is 17.1 Å². The Morgan fingerprint density at radius 2 is 2.00 bits per heavy atom. The number of carboxylic acids is 1. The van der Waals surface area contributed by atoms with Crippen LogP contribution in [0.1, 0.15) is 26.5 Å². The van der Waals surface area contributed by atoms with Crippen LogP contribution in [0.25, 0.3) is 0 Å². The van der Waals surface area contributed by atoms with Crippen molar-refractivity contribution in [3.63, 3.8) is 0 Å². The molecule has 1 amide bonds. The molecular weight excluding hydrogens is 234 g/mol. The number of hydrogen-bond acceptors (Lipinski definition) is 3. The van der Waals surface area contributed by atoms with Gasteiger partial charge in [0.2, 0.25) is 5.91 Å². The maximum atomic E-state index is 12.1. The summed E-state index contributed by atoms with van der Waals surface area (Å²) < 4.78 is 5.18. The number of amides is 1. The van der Waals surface area contributed by atoms with Crippen molar-refractivity contribution >= 4 is 11.9 Å². The van der Waals surface area contributed by atoms with Crippen LogP contribution in [0, 0.1) is 0 Å². The quantitative estimate of drug-likeness (QED) is 0.813. The number of carboxylic acid groups (broad SMARTS) is 1. The van der Waals surface area contributed by atoms with E-state index in [2.05, 4.69) is 0 Å². The second-order valence-electron chi connectivity index (χ2n) is 3.95. The molecule has 1 aromatic rings. The fourth-order valence-corrected chi connectivity index (χ4v) is 1.48. The molecule has 1 heterocycles. The van der Waals surface area contributed by atoms with E-state index < -0.39 is 5.97 Å². The van der Waals surface area contributed by atoms with Crippen LogP contribution < -0.4 is 0 Å². The molecule has 5 heteroatoms. The molecular formula is C13H17NO4. The number of carbonyl (C=O) groups excluding carboxylic acids is 1. The Balaban J connectivity index is 2.86. The molecule has 1 rings (SSSR count). The number of rotatable bonds is 5. The van der Waals surface area contributed by atoms with E-state index in [1.807, 2.05) is 6.92 Å². The molecule has 0 aliphatic heterocycles. The van der Waals surface area contributed by atoms with Crippen LogP contribution in [0.4, 0.5) is 0 Å². The van der Waals surface area contributed by atoms with Crippen LogP contribution in [-0.4, -0.2) is 28.4 Å². The number of hydrogen-bond donors (Lipinski definition) is 1. The summed E-state index contributed by atoms with van der Waals surface area (Å²) in [7, 11) is 0. The predicted octanol–water partition coefficient (Wildman–Crippen LogP) is 2.05. The van der Waals surface area contributed by atoms with Crippen LogP contribution in [0.2, 0.25) is 0 Å². The minimum Gasteiger partial charge on any atom is -0.478 e. The number of furan rings is 1. The van der Waals surface area contributed by atoms with Gasteiger partial charge in [-0.15, -0.1) is 0 Å². The van der Waals surface area contributed by atoms with Gasteiger partial charge in [0, 0.05) is 17.7 Å². The molecule has 0 bridgehead atoms. The van der Waals surface area contributed by atoms with Gasteiger partial charge in [-0.3, -0.25) is 4.79 Å². The standard InChI is InChI=1S/C13H17NO4/c1-4-14(8-11-6-5-7-18-11)12(15)9(2)10(3)13(16)17/h5-7H,4,8H2,1-3H3,(H,16,17). The minimum absolute atomic E-state index is 0.0675. The van der Waals surface area contributed by atoms with Crippen molar-refractivity contribution in [2.45, 2.75) is 27.3 Å². The van der Waals surface area contributed by atoms with Gasteiger partial charge in [0.25, 0.3) is 0 Å². The van der Waals surface area contributed by atoms with E-state index in [1.165, 1.54) is 13.8 Å². The summed E-state index contributed by atoms with van der Waals surface area (Å²) in [5.41, 5.74) is 0.314. The van der Waals surface area contributed by atoms with E-state index >= 15 is 0 Å². The molecule has 0 saturated carbocycles.